The Balaban J connectivity index is 2.14. The molecule has 9 nitrogen and oxygen atoms in total. The van der Waals surface area contributed by atoms with Gasteiger partial charge in [-0.05, 0) is 70.6 Å². The molecule has 6 N–H and O–H groups in total. The maximum Gasteiger partial charge on any atom is 0.220 e. The number of carbonyl (C=O) groups excluding carboxylic acids is 1. The van der Waals surface area contributed by atoms with E-state index in [0.717, 1.165) is 64.2 Å². The van der Waals surface area contributed by atoms with Crippen molar-refractivity contribution in [1.29, 1.82) is 0 Å². The molecule has 0 aromatic carbocycles. The number of hydrogen-bond donors (Lipinski definition) is 6. The third-order valence-electron chi connectivity index (χ3n) is 16.5. The Kier molecular flexibility index (Phi) is 58.4. The van der Waals surface area contributed by atoms with Gasteiger partial charge in [0.1, 0.15) is 24.4 Å². The molecule has 1 rings (SSSR count). The molecule has 0 aromatic rings. The van der Waals surface area contributed by atoms with Crippen molar-refractivity contribution in [2.24, 2.45) is 0 Å². The number of aliphatic hydroxyl groups is 5. The highest BCUT2D eigenvalue weighted by atomic mass is 16.7. The Morgan fingerprint density at radius 1 is 0.427 bits per heavy atom. The molecule has 1 heterocycles. The van der Waals surface area contributed by atoms with Crippen molar-refractivity contribution < 1.29 is 39.8 Å². The molecule has 478 valence electrons. The topological polar surface area (TPSA) is 149 Å². The summed E-state index contributed by atoms with van der Waals surface area (Å²) in [6.07, 6.45) is 80.1. The van der Waals surface area contributed by atoms with Crippen molar-refractivity contribution >= 4 is 5.91 Å². The molecule has 0 aromatic heterocycles. The summed E-state index contributed by atoms with van der Waals surface area (Å²) < 4.78 is 11.3. The van der Waals surface area contributed by atoms with Crippen LogP contribution in [0.5, 0.6) is 0 Å². The predicted octanol–water partition coefficient (Wildman–Crippen LogP) is 19.1. The van der Waals surface area contributed by atoms with Gasteiger partial charge in [0, 0.05) is 6.42 Å². The molecule has 1 aliphatic rings. The SMILES string of the molecule is CC/C=C\C/C=C\C/C=C\C/C=C\CCCCCCCCCCCCCCCCCCCCC(=O)NC(COC1OC(CO)C(O)C(O)C1O)C(O)/C=C/CC/C=C/CCCCCCCCCCCCCCCCCCCCCCCC. The monoisotopic (exact) mass is 1150 g/mol. The molecule has 1 amide bonds. The van der Waals surface area contributed by atoms with Gasteiger partial charge in [-0.25, -0.2) is 0 Å². The van der Waals surface area contributed by atoms with Crippen LogP contribution in [0.3, 0.4) is 0 Å². The van der Waals surface area contributed by atoms with Gasteiger partial charge in [-0.2, -0.15) is 0 Å². The van der Waals surface area contributed by atoms with Crippen molar-refractivity contribution in [3.63, 3.8) is 0 Å². The van der Waals surface area contributed by atoms with Gasteiger partial charge in [0.2, 0.25) is 5.91 Å². The fraction of sp³-hybridized carbons (Fsp3) is 0.822. The molecule has 0 spiro atoms. The second-order valence-corrected chi connectivity index (χ2v) is 24.3. The number of ether oxygens (including phenoxy) is 2. The van der Waals surface area contributed by atoms with Crippen LogP contribution in [0.2, 0.25) is 0 Å². The summed E-state index contributed by atoms with van der Waals surface area (Å²) >= 11 is 0. The first kappa shape index (κ1) is 77.6. The van der Waals surface area contributed by atoms with E-state index in [-0.39, 0.29) is 12.5 Å². The third kappa shape index (κ3) is 49.8. The number of amides is 1. The van der Waals surface area contributed by atoms with Gasteiger partial charge < -0.3 is 40.3 Å². The minimum Gasteiger partial charge on any atom is -0.394 e. The fourth-order valence-electron chi connectivity index (χ4n) is 11.1. The molecule has 0 aliphatic carbocycles. The molecule has 82 heavy (non-hydrogen) atoms. The van der Waals surface area contributed by atoms with E-state index in [4.69, 9.17) is 9.47 Å². The zero-order valence-corrected chi connectivity index (χ0v) is 53.5. The van der Waals surface area contributed by atoms with Gasteiger partial charge in [0.25, 0.3) is 0 Å². The minimum absolute atomic E-state index is 0.183. The number of hydrogen-bond acceptors (Lipinski definition) is 8. The molecule has 1 fully saturated rings. The summed E-state index contributed by atoms with van der Waals surface area (Å²) in [5, 5.41) is 54.8. The largest absolute Gasteiger partial charge is 0.394 e. The third-order valence-corrected chi connectivity index (χ3v) is 16.5. The fourth-order valence-corrected chi connectivity index (χ4v) is 11.1. The lowest BCUT2D eigenvalue weighted by molar-refractivity contribution is -0.302. The van der Waals surface area contributed by atoms with Crippen LogP contribution < -0.4 is 5.32 Å². The van der Waals surface area contributed by atoms with Crippen LogP contribution in [-0.4, -0.2) is 87.5 Å². The van der Waals surface area contributed by atoms with E-state index < -0.39 is 49.5 Å². The highest BCUT2D eigenvalue weighted by molar-refractivity contribution is 5.76. The van der Waals surface area contributed by atoms with Crippen LogP contribution in [0.25, 0.3) is 0 Å². The minimum atomic E-state index is -1.57. The molecule has 7 atom stereocenters. The summed E-state index contributed by atoms with van der Waals surface area (Å²) in [6.45, 7) is 3.69. The number of aliphatic hydroxyl groups excluding tert-OH is 5. The van der Waals surface area contributed by atoms with E-state index in [1.807, 2.05) is 6.08 Å². The quantitative estimate of drug-likeness (QED) is 0.0261. The highest BCUT2D eigenvalue weighted by Gasteiger charge is 2.44. The average Bonchev–Trinajstić information content (AvgIpc) is 3.52. The van der Waals surface area contributed by atoms with Crippen LogP contribution >= 0.6 is 0 Å². The molecule has 1 saturated heterocycles. The molecule has 0 radical (unpaired) electrons. The second kappa shape index (κ2) is 61.7. The van der Waals surface area contributed by atoms with Crippen molar-refractivity contribution in [3.05, 3.63) is 72.9 Å². The highest BCUT2D eigenvalue weighted by Crippen LogP contribution is 2.23. The Hall–Kier alpha value is -2.37. The summed E-state index contributed by atoms with van der Waals surface area (Å²) in [4.78, 5) is 13.1. The lowest BCUT2D eigenvalue weighted by Gasteiger charge is -2.40. The zero-order chi connectivity index (χ0) is 59.3. The Bertz CT molecular complexity index is 1520. The van der Waals surface area contributed by atoms with Crippen molar-refractivity contribution in [2.75, 3.05) is 13.2 Å². The van der Waals surface area contributed by atoms with E-state index in [1.54, 1.807) is 6.08 Å². The first-order valence-corrected chi connectivity index (χ1v) is 35.2. The molecule has 9 heteroatoms. The zero-order valence-electron chi connectivity index (χ0n) is 53.5. The van der Waals surface area contributed by atoms with Crippen molar-refractivity contribution in [1.82, 2.24) is 5.32 Å². The van der Waals surface area contributed by atoms with E-state index in [0.29, 0.717) is 6.42 Å². The number of unbranched alkanes of at least 4 members (excludes halogenated alkanes) is 41. The van der Waals surface area contributed by atoms with E-state index in [1.165, 1.54) is 244 Å². The lowest BCUT2D eigenvalue weighted by atomic mass is 9.99. The number of nitrogens with one attached hydrogen (secondary N) is 1. The molecule has 0 saturated carbocycles. The van der Waals surface area contributed by atoms with E-state index >= 15 is 0 Å². The van der Waals surface area contributed by atoms with Crippen LogP contribution in [0.1, 0.15) is 328 Å². The molecular weight excluding hydrogens is 1020 g/mol. The van der Waals surface area contributed by atoms with E-state index in [2.05, 4.69) is 79.9 Å². The van der Waals surface area contributed by atoms with Gasteiger partial charge in [0.15, 0.2) is 6.29 Å². The lowest BCUT2D eigenvalue weighted by Crippen LogP contribution is -2.60. The first-order valence-electron chi connectivity index (χ1n) is 35.2. The standard InChI is InChI=1S/C73H133NO8/c1-3-5-7-9-11-13-15-17-19-21-23-25-27-29-31-33-34-35-37-39-41-43-45-47-49-51-53-55-57-59-61-63-69(77)74-66(65-81-73-72(80)71(79)70(78)68(64-75)82-73)67(76)62-60-58-56-54-52-50-48-46-44-42-40-38-36-32-30-28-26-24-22-20-18-16-14-12-10-8-6-4-2/h5,7,11,13,17,19,23,25,52,54,60,62,66-68,70-73,75-76,78-80H,3-4,6,8-10,12,14-16,18,20-22,24,26-51,53,55-59,61,63-65H2,1-2H3,(H,74,77)/b7-5-,13-11-,19-17-,25-23-,54-52+,62-60+. The predicted molar refractivity (Wildman–Crippen MR) is 350 cm³/mol. The smallest absolute Gasteiger partial charge is 0.220 e. The number of rotatable bonds is 61. The normalized spacial score (nSPS) is 18.7. The van der Waals surface area contributed by atoms with Crippen molar-refractivity contribution in [2.45, 2.75) is 371 Å². The van der Waals surface area contributed by atoms with Gasteiger partial charge in [-0.1, -0.05) is 324 Å². The van der Waals surface area contributed by atoms with Crippen LogP contribution in [0, 0.1) is 0 Å². The van der Waals surface area contributed by atoms with Crippen LogP contribution in [0.4, 0.5) is 0 Å². The Labute approximate surface area is 506 Å². The Morgan fingerprint density at radius 2 is 0.768 bits per heavy atom. The molecule has 1 aliphatic heterocycles. The maximum atomic E-state index is 13.1. The molecule has 0 bridgehead atoms. The molecule has 7 unspecified atom stereocenters. The average molecular weight is 1150 g/mol. The van der Waals surface area contributed by atoms with Gasteiger partial charge in [-0.3, -0.25) is 4.79 Å². The first-order chi connectivity index (χ1) is 40.3. The van der Waals surface area contributed by atoms with Gasteiger partial charge >= 0.3 is 0 Å². The Morgan fingerprint density at radius 3 is 1.17 bits per heavy atom. The number of carbonyl (C=O) groups is 1. The second-order valence-electron chi connectivity index (χ2n) is 24.3. The summed E-state index contributed by atoms with van der Waals surface area (Å²) in [5.41, 5.74) is 0. The number of allylic oxidation sites excluding steroid dienone is 11. The van der Waals surface area contributed by atoms with Crippen LogP contribution in [-0.2, 0) is 14.3 Å². The summed E-state index contributed by atoms with van der Waals surface area (Å²) in [7, 11) is 0. The summed E-state index contributed by atoms with van der Waals surface area (Å²) in [5.74, 6) is -0.183. The van der Waals surface area contributed by atoms with Crippen LogP contribution in [0.15, 0.2) is 72.9 Å². The summed E-state index contributed by atoms with van der Waals surface area (Å²) in [6, 6.07) is -0.825. The van der Waals surface area contributed by atoms with Crippen molar-refractivity contribution in [3.8, 4) is 0 Å². The van der Waals surface area contributed by atoms with Gasteiger partial charge in [0.05, 0.1) is 25.4 Å². The maximum absolute atomic E-state index is 13.1. The van der Waals surface area contributed by atoms with E-state index in [9.17, 15) is 30.3 Å². The molecular formula is C73H133NO8. The van der Waals surface area contributed by atoms with Gasteiger partial charge in [-0.15, -0.1) is 0 Å².